The van der Waals surface area contributed by atoms with Crippen molar-refractivity contribution in [3.05, 3.63) is 0 Å². The lowest BCUT2D eigenvalue weighted by atomic mass is 10.1. The van der Waals surface area contributed by atoms with Crippen LogP contribution in [0.1, 0.15) is 20.3 Å². The molecule has 1 amide bonds. The van der Waals surface area contributed by atoms with Crippen molar-refractivity contribution in [3.63, 3.8) is 0 Å². The zero-order valence-corrected chi connectivity index (χ0v) is 8.86. The molecule has 1 aliphatic heterocycles. The van der Waals surface area contributed by atoms with Gasteiger partial charge in [-0.1, -0.05) is 6.92 Å². The molecular formula is C9H18NOP. The third-order valence-corrected chi connectivity index (χ3v) is 5.27. The van der Waals surface area contributed by atoms with Gasteiger partial charge in [-0.05, 0) is 30.8 Å². The summed E-state index contributed by atoms with van der Waals surface area (Å²) in [6.07, 6.45) is 5.51. The van der Waals surface area contributed by atoms with E-state index < -0.39 is 0 Å². The van der Waals surface area contributed by atoms with Crippen LogP contribution in [0.5, 0.6) is 0 Å². The summed E-state index contributed by atoms with van der Waals surface area (Å²) in [6, 6.07) is 0. The molecule has 12 heavy (non-hydrogen) atoms. The number of amides is 1. The molecule has 70 valence electrons. The second-order valence-corrected chi connectivity index (χ2v) is 6.27. The molecular weight excluding hydrogens is 169 g/mol. The van der Waals surface area contributed by atoms with E-state index in [4.69, 9.17) is 0 Å². The number of nitrogens with one attached hydrogen (secondary N) is 1. The standard InChI is InChI=1S/C9H18NOP/c1-3-12-5-4-9(7-12)6-10-8(2)11/h9H,3-7H2,1-2H3,(H,10,11). The summed E-state index contributed by atoms with van der Waals surface area (Å²) in [5, 5.41) is 2.90. The van der Waals surface area contributed by atoms with E-state index in [1.807, 2.05) is 0 Å². The molecule has 0 bridgehead atoms. The fourth-order valence-electron chi connectivity index (χ4n) is 1.65. The average Bonchev–Trinajstić information content (AvgIpc) is 2.48. The van der Waals surface area contributed by atoms with E-state index >= 15 is 0 Å². The lowest BCUT2D eigenvalue weighted by Gasteiger charge is -2.10. The summed E-state index contributed by atoms with van der Waals surface area (Å²) in [5.41, 5.74) is 0. The number of hydrogen-bond acceptors (Lipinski definition) is 1. The summed E-state index contributed by atoms with van der Waals surface area (Å²) in [4.78, 5) is 10.6. The second-order valence-electron chi connectivity index (χ2n) is 3.49. The molecule has 2 atom stereocenters. The van der Waals surface area contributed by atoms with Crippen LogP contribution in [-0.4, -0.2) is 30.9 Å². The largest absolute Gasteiger partial charge is 0.356 e. The Balaban J connectivity index is 2.15. The summed E-state index contributed by atoms with van der Waals surface area (Å²) in [5.74, 6) is 0.891. The highest BCUT2D eigenvalue weighted by molar-refractivity contribution is 7.57. The molecule has 1 N–H and O–H groups in total. The van der Waals surface area contributed by atoms with Gasteiger partial charge in [-0.2, -0.15) is 0 Å². The Hall–Kier alpha value is -0.100. The predicted molar refractivity (Wildman–Crippen MR) is 54.0 cm³/mol. The van der Waals surface area contributed by atoms with Crippen LogP contribution in [0, 0.1) is 5.92 Å². The average molecular weight is 187 g/mol. The van der Waals surface area contributed by atoms with E-state index in [1.165, 1.54) is 24.9 Å². The Labute approximate surface area is 75.9 Å². The molecule has 2 unspecified atom stereocenters. The van der Waals surface area contributed by atoms with Crippen LogP contribution in [0.25, 0.3) is 0 Å². The summed E-state index contributed by atoms with van der Waals surface area (Å²) < 4.78 is 0. The van der Waals surface area contributed by atoms with Gasteiger partial charge in [-0.3, -0.25) is 4.79 Å². The molecule has 0 aromatic carbocycles. The van der Waals surface area contributed by atoms with Crippen molar-refractivity contribution in [1.29, 1.82) is 0 Å². The SMILES string of the molecule is CCP1CCC(CNC(C)=O)C1. The van der Waals surface area contributed by atoms with E-state index in [1.54, 1.807) is 6.92 Å². The Morgan fingerprint density at radius 1 is 1.67 bits per heavy atom. The summed E-state index contributed by atoms with van der Waals surface area (Å²) in [6.45, 7) is 4.79. The Morgan fingerprint density at radius 2 is 2.42 bits per heavy atom. The van der Waals surface area contributed by atoms with E-state index in [0.717, 1.165) is 12.5 Å². The van der Waals surface area contributed by atoms with Gasteiger partial charge >= 0.3 is 0 Å². The normalized spacial score (nSPS) is 28.8. The monoisotopic (exact) mass is 187 g/mol. The molecule has 1 rings (SSSR count). The third kappa shape index (κ3) is 3.10. The van der Waals surface area contributed by atoms with Crippen molar-refractivity contribution in [2.75, 3.05) is 25.0 Å². The molecule has 0 saturated carbocycles. The van der Waals surface area contributed by atoms with Gasteiger partial charge in [-0.15, -0.1) is 7.92 Å². The molecule has 1 saturated heterocycles. The minimum atomic E-state index is 0.114. The van der Waals surface area contributed by atoms with E-state index in [0.29, 0.717) is 7.92 Å². The van der Waals surface area contributed by atoms with Crippen LogP contribution >= 0.6 is 7.92 Å². The third-order valence-electron chi connectivity index (χ3n) is 2.46. The lowest BCUT2D eigenvalue weighted by molar-refractivity contribution is -0.119. The first-order chi connectivity index (χ1) is 5.72. The number of rotatable bonds is 3. The maximum Gasteiger partial charge on any atom is 0.216 e. The summed E-state index contributed by atoms with van der Waals surface area (Å²) in [7, 11) is 0.336. The molecule has 3 heteroatoms. The van der Waals surface area contributed by atoms with Gasteiger partial charge in [0.15, 0.2) is 0 Å². The zero-order chi connectivity index (χ0) is 8.97. The number of carbonyl (C=O) groups excluding carboxylic acids is 1. The van der Waals surface area contributed by atoms with Crippen LogP contribution in [-0.2, 0) is 4.79 Å². The first kappa shape index (κ1) is 9.98. The van der Waals surface area contributed by atoms with E-state index in [2.05, 4.69) is 12.2 Å². The quantitative estimate of drug-likeness (QED) is 0.669. The molecule has 1 fully saturated rings. The Kier molecular flexibility index (Phi) is 4.00. The predicted octanol–water partition coefficient (Wildman–Crippen LogP) is 1.64. The minimum absolute atomic E-state index is 0.114. The van der Waals surface area contributed by atoms with Gasteiger partial charge in [0.1, 0.15) is 0 Å². The van der Waals surface area contributed by atoms with Crippen LogP contribution in [0.4, 0.5) is 0 Å². The van der Waals surface area contributed by atoms with Gasteiger partial charge < -0.3 is 5.32 Å². The maximum absolute atomic E-state index is 10.6. The molecule has 1 heterocycles. The van der Waals surface area contributed by atoms with Gasteiger partial charge in [0.05, 0.1) is 0 Å². The fourth-order valence-corrected chi connectivity index (χ4v) is 4.18. The van der Waals surface area contributed by atoms with Crippen molar-refractivity contribution >= 4 is 13.8 Å². The Morgan fingerprint density at radius 3 is 2.92 bits per heavy atom. The number of carbonyl (C=O) groups is 1. The van der Waals surface area contributed by atoms with Gasteiger partial charge in [-0.25, -0.2) is 0 Å². The van der Waals surface area contributed by atoms with Crippen molar-refractivity contribution in [3.8, 4) is 0 Å². The fraction of sp³-hybridized carbons (Fsp3) is 0.889. The molecule has 1 aliphatic rings. The van der Waals surface area contributed by atoms with E-state index in [9.17, 15) is 4.79 Å². The van der Waals surface area contributed by atoms with Gasteiger partial charge in [0.25, 0.3) is 0 Å². The smallest absolute Gasteiger partial charge is 0.216 e. The van der Waals surface area contributed by atoms with Crippen molar-refractivity contribution in [2.24, 2.45) is 5.92 Å². The molecule has 0 aromatic rings. The molecule has 2 nitrogen and oxygen atoms in total. The highest BCUT2D eigenvalue weighted by atomic mass is 31.1. The van der Waals surface area contributed by atoms with Crippen molar-refractivity contribution in [1.82, 2.24) is 5.32 Å². The molecule has 0 radical (unpaired) electrons. The summed E-state index contributed by atoms with van der Waals surface area (Å²) >= 11 is 0. The van der Waals surface area contributed by atoms with Crippen LogP contribution < -0.4 is 5.32 Å². The maximum atomic E-state index is 10.6. The van der Waals surface area contributed by atoms with E-state index in [-0.39, 0.29) is 5.91 Å². The lowest BCUT2D eigenvalue weighted by Crippen LogP contribution is -2.26. The van der Waals surface area contributed by atoms with Gasteiger partial charge in [0, 0.05) is 13.5 Å². The molecule has 0 aromatic heterocycles. The first-order valence-electron chi connectivity index (χ1n) is 4.69. The van der Waals surface area contributed by atoms with Gasteiger partial charge in [0.2, 0.25) is 5.91 Å². The second kappa shape index (κ2) is 4.81. The first-order valence-corrected chi connectivity index (χ1v) is 6.59. The topological polar surface area (TPSA) is 29.1 Å². The molecule has 0 aliphatic carbocycles. The van der Waals surface area contributed by atoms with Crippen LogP contribution in [0.2, 0.25) is 0 Å². The van der Waals surface area contributed by atoms with Crippen LogP contribution in [0.3, 0.4) is 0 Å². The molecule has 0 spiro atoms. The van der Waals surface area contributed by atoms with Crippen molar-refractivity contribution in [2.45, 2.75) is 20.3 Å². The number of hydrogen-bond donors (Lipinski definition) is 1. The van der Waals surface area contributed by atoms with Crippen molar-refractivity contribution < 1.29 is 4.79 Å². The zero-order valence-electron chi connectivity index (χ0n) is 7.97. The minimum Gasteiger partial charge on any atom is -0.356 e. The Bertz CT molecular complexity index is 161. The highest BCUT2D eigenvalue weighted by Gasteiger charge is 2.22. The van der Waals surface area contributed by atoms with Crippen LogP contribution in [0.15, 0.2) is 0 Å². The highest BCUT2D eigenvalue weighted by Crippen LogP contribution is 2.45.